The first kappa shape index (κ1) is 11.7. The average Bonchev–Trinajstić information content (AvgIpc) is 2.07. The molecule has 0 saturated heterocycles. The molecule has 0 saturated carbocycles. The summed E-state index contributed by atoms with van der Waals surface area (Å²) in [5.74, 6) is 0. The van der Waals surface area contributed by atoms with E-state index in [0.29, 0.717) is 0 Å². The number of pyridine rings is 1. The van der Waals surface area contributed by atoms with E-state index >= 15 is 0 Å². The van der Waals surface area contributed by atoms with Gasteiger partial charge in [-0.15, -0.1) is 0 Å². The summed E-state index contributed by atoms with van der Waals surface area (Å²) in [7, 11) is 0. The Balaban J connectivity index is 2.73. The molecule has 0 bridgehead atoms. The molecule has 0 radical (unpaired) electrons. The Bertz CT molecular complexity index is 364. The molecule has 0 N–H and O–H groups in total. The maximum Gasteiger partial charge on any atom is 0.129 e. The number of oxime groups is 1. The summed E-state index contributed by atoms with van der Waals surface area (Å²) in [6.45, 7) is 9.82. The number of hydrogen-bond donors (Lipinski definition) is 0. The van der Waals surface area contributed by atoms with Gasteiger partial charge in [0.05, 0.1) is 6.21 Å². The summed E-state index contributed by atoms with van der Waals surface area (Å²) in [6, 6.07) is 3.96. The smallest absolute Gasteiger partial charge is 0.129 e. The first-order chi connectivity index (χ1) is 6.88. The van der Waals surface area contributed by atoms with Crippen LogP contribution < -0.4 is 0 Å². The molecule has 0 aliphatic carbocycles. The predicted octanol–water partition coefficient (Wildman–Crippen LogP) is 2.85. The van der Waals surface area contributed by atoms with Gasteiger partial charge in [-0.25, -0.2) is 0 Å². The largest absolute Gasteiger partial charge is 0.390 e. The van der Waals surface area contributed by atoms with E-state index in [2.05, 4.69) is 10.1 Å². The van der Waals surface area contributed by atoms with Crippen molar-refractivity contribution in [3.05, 3.63) is 29.1 Å². The molecule has 0 amide bonds. The fourth-order valence-electron chi connectivity index (χ4n) is 1.08. The molecule has 0 unspecified atom stereocenters. The van der Waals surface area contributed by atoms with Crippen LogP contribution >= 0.6 is 0 Å². The molecule has 3 nitrogen and oxygen atoms in total. The molecular formula is C12H18N2O. The maximum atomic E-state index is 5.26. The second kappa shape index (κ2) is 4.43. The lowest BCUT2D eigenvalue weighted by molar-refractivity contribution is 0.00198. The van der Waals surface area contributed by atoms with Crippen LogP contribution in [-0.4, -0.2) is 16.8 Å². The van der Waals surface area contributed by atoms with Gasteiger partial charge in [0.15, 0.2) is 0 Å². The van der Waals surface area contributed by atoms with E-state index in [1.54, 1.807) is 6.21 Å². The van der Waals surface area contributed by atoms with Crippen molar-refractivity contribution in [1.82, 2.24) is 4.98 Å². The van der Waals surface area contributed by atoms with Crippen LogP contribution in [0.4, 0.5) is 0 Å². The Hall–Kier alpha value is -1.38. The number of aryl methyl sites for hydroxylation is 2. The highest BCUT2D eigenvalue weighted by Gasteiger charge is 2.09. The van der Waals surface area contributed by atoms with Crippen molar-refractivity contribution in [2.45, 2.75) is 40.2 Å². The van der Waals surface area contributed by atoms with Crippen LogP contribution in [0, 0.1) is 13.8 Å². The highest BCUT2D eigenvalue weighted by Crippen LogP contribution is 2.08. The van der Waals surface area contributed by atoms with Gasteiger partial charge in [0.1, 0.15) is 5.60 Å². The summed E-state index contributed by atoms with van der Waals surface area (Å²) in [5.41, 5.74) is 2.73. The van der Waals surface area contributed by atoms with Crippen molar-refractivity contribution < 1.29 is 4.84 Å². The fourth-order valence-corrected chi connectivity index (χ4v) is 1.08. The standard InChI is InChI=1S/C12H18N2O/c1-9-6-7-11(10(2)14-9)8-13-15-12(3,4)5/h6-8H,1-5H3/b13-8-. The summed E-state index contributed by atoms with van der Waals surface area (Å²) in [5, 5.41) is 3.94. The zero-order valence-corrected chi connectivity index (χ0v) is 10.0. The molecule has 15 heavy (non-hydrogen) atoms. The monoisotopic (exact) mass is 206 g/mol. The summed E-state index contributed by atoms with van der Waals surface area (Å²) in [4.78, 5) is 9.60. The third-order valence-corrected chi connectivity index (χ3v) is 1.78. The molecule has 0 aliphatic heterocycles. The maximum absolute atomic E-state index is 5.26. The molecule has 3 heteroatoms. The summed E-state index contributed by atoms with van der Waals surface area (Å²) in [6.07, 6.45) is 1.70. The van der Waals surface area contributed by atoms with Crippen LogP contribution in [0.2, 0.25) is 0 Å². The van der Waals surface area contributed by atoms with Crippen LogP contribution in [0.1, 0.15) is 37.7 Å². The first-order valence-corrected chi connectivity index (χ1v) is 5.04. The van der Waals surface area contributed by atoms with Crippen LogP contribution in [0.5, 0.6) is 0 Å². The normalized spacial score (nSPS) is 12.1. The van der Waals surface area contributed by atoms with E-state index in [1.807, 2.05) is 46.8 Å². The molecule has 0 atom stereocenters. The van der Waals surface area contributed by atoms with Crippen molar-refractivity contribution in [2.75, 3.05) is 0 Å². The van der Waals surface area contributed by atoms with Gasteiger partial charge in [-0.05, 0) is 46.8 Å². The lowest BCUT2D eigenvalue weighted by Gasteiger charge is -2.14. The average molecular weight is 206 g/mol. The quantitative estimate of drug-likeness (QED) is 0.551. The van der Waals surface area contributed by atoms with Crippen molar-refractivity contribution in [2.24, 2.45) is 5.16 Å². The van der Waals surface area contributed by atoms with E-state index in [0.717, 1.165) is 17.0 Å². The highest BCUT2D eigenvalue weighted by atomic mass is 16.6. The van der Waals surface area contributed by atoms with E-state index in [9.17, 15) is 0 Å². The minimum absolute atomic E-state index is 0.247. The van der Waals surface area contributed by atoms with Gasteiger partial charge in [0, 0.05) is 17.0 Å². The molecule has 1 aromatic rings. The lowest BCUT2D eigenvalue weighted by atomic mass is 10.2. The Kier molecular flexibility index (Phi) is 3.45. The Morgan fingerprint density at radius 3 is 2.47 bits per heavy atom. The molecule has 0 aromatic carbocycles. The Morgan fingerprint density at radius 1 is 1.27 bits per heavy atom. The van der Waals surface area contributed by atoms with Gasteiger partial charge in [0.25, 0.3) is 0 Å². The fraction of sp³-hybridized carbons (Fsp3) is 0.500. The van der Waals surface area contributed by atoms with E-state index in [4.69, 9.17) is 4.84 Å². The van der Waals surface area contributed by atoms with Crippen molar-refractivity contribution in [3.63, 3.8) is 0 Å². The van der Waals surface area contributed by atoms with Crippen LogP contribution in [0.15, 0.2) is 17.3 Å². The number of rotatable bonds is 2. The predicted molar refractivity (Wildman–Crippen MR) is 62.1 cm³/mol. The topological polar surface area (TPSA) is 34.5 Å². The lowest BCUT2D eigenvalue weighted by Crippen LogP contribution is -2.15. The molecule has 0 aliphatic rings. The van der Waals surface area contributed by atoms with E-state index in [-0.39, 0.29) is 5.60 Å². The molecule has 82 valence electrons. The molecule has 1 aromatic heterocycles. The van der Waals surface area contributed by atoms with E-state index in [1.165, 1.54) is 0 Å². The first-order valence-electron chi connectivity index (χ1n) is 5.04. The van der Waals surface area contributed by atoms with Gasteiger partial charge in [0.2, 0.25) is 0 Å². The number of aromatic nitrogens is 1. The molecule has 0 fully saturated rings. The third-order valence-electron chi connectivity index (χ3n) is 1.78. The van der Waals surface area contributed by atoms with Gasteiger partial charge >= 0.3 is 0 Å². The summed E-state index contributed by atoms with van der Waals surface area (Å²) < 4.78 is 0. The third kappa shape index (κ3) is 4.11. The van der Waals surface area contributed by atoms with Gasteiger partial charge in [-0.3, -0.25) is 4.98 Å². The number of hydrogen-bond acceptors (Lipinski definition) is 3. The molecule has 0 spiro atoms. The van der Waals surface area contributed by atoms with Gasteiger partial charge < -0.3 is 4.84 Å². The van der Waals surface area contributed by atoms with Crippen LogP contribution in [-0.2, 0) is 4.84 Å². The minimum Gasteiger partial charge on any atom is -0.390 e. The Morgan fingerprint density at radius 2 is 1.93 bits per heavy atom. The molecule has 1 heterocycles. The number of nitrogens with zero attached hydrogens (tertiary/aromatic N) is 2. The van der Waals surface area contributed by atoms with Crippen molar-refractivity contribution in [3.8, 4) is 0 Å². The second-order valence-corrected chi connectivity index (χ2v) is 4.57. The van der Waals surface area contributed by atoms with Gasteiger partial charge in [-0.2, -0.15) is 0 Å². The zero-order valence-electron chi connectivity index (χ0n) is 10.0. The minimum atomic E-state index is -0.247. The van der Waals surface area contributed by atoms with Gasteiger partial charge in [-0.1, -0.05) is 5.16 Å². The molecular weight excluding hydrogens is 188 g/mol. The van der Waals surface area contributed by atoms with Crippen LogP contribution in [0.3, 0.4) is 0 Å². The summed E-state index contributed by atoms with van der Waals surface area (Å²) >= 11 is 0. The van der Waals surface area contributed by atoms with Crippen molar-refractivity contribution >= 4 is 6.21 Å². The van der Waals surface area contributed by atoms with Crippen LogP contribution in [0.25, 0.3) is 0 Å². The highest BCUT2D eigenvalue weighted by molar-refractivity contribution is 5.80. The zero-order chi connectivity index (χ0) is 11.5. The second-order valence-electron chi connectivity index (χ2n) is 4.57. The van der Waals surface area contributed by atoms with E-state index < -0.39 is 0 Å². The molecule has 1 rings (SSSR count). The van der Waals surface area contributed by atoms with Crippen molar-refractivity contribution in [1.29, 1.82) is 0 Å². The SMILES string of the molecule is Cc1ccc(/C=N\OC(C)(C)C)c(C)n1. The Labute approximate surface area is 91.2 Å².